The number of aliphatic hydroxyl groups is 1. The second kappa shape index (κ2) is 6.88. The third kappa shape index (κ3) is 3.74. The van der Waals surface area contributed by atoms with Crippen molar-refractivity contribution in [3.05, 3.63) is 29.3 Å². The molecular weight excluding hydrogens is 336 g/mol. The SMILES string of the molecule is Cc1ccc(S(=O)(=O)N2C[C@@H](O)C[C@H]2C(=O)OCC(N)=O)cc1C. The first kappa shape index (κ1) is 18.4. The summed E-state index contributed by atoms with van der Waals surface area (Å²) in [4.78, 5) is 22.8. The Labute approximate surface area is 140 Å². The molecule has 0 aromatic heterocycles. The predicted molar refractivity (Wildman–Crippen MR) is 84.4 cm³/mol. The van der Waals surface area contributed by atoms with Crippen molar-refractivity contribution in [1.82, 2.24) is 4.31 Å². The van der Waals surface area contributed by atoms with Crippen LogP contribution in [-0.2, 0) is 24.3 Å². The van der Waals surface area contributed by atoms with Crippen LogP contribution in [0.25, 0.3) is 0 Å². The van der Waals surface area contributed by atoms with Gasteiger partial charge in [-0.1, -0.05) is 6.07 Å². The van der Waals surface area contributed by atoms with Crippen LogP contribution in [0.3, 0.4) is 0 Å². The number of amides is 1. The molecule has 0 radical (unpaired) electrons. The van der Waals surface area contributed by atoms with Crippen molar-refractivity contribution in [2.75, 3.05) is 13.2 Å². The van der Waals surface area contributed by atoms with E-state index >= 15 is 0 Å². The summed E-state index contributed by atoms with van der Waals surface area (Å²) in [6.07, 6.45) is -1.08. The lowest BCUT2D eigenvalue weighted by Gasteiger charge is -2.22. The van der Waals surface area contributed by atoms with Gasteiger partial charge in [0, 0.05) is 13.0 Å². The number of rotatable bonds is 5. The number of hydrogen-bond acceptors (Lipinski definition) is 6. The number of primary amides is 1. The zero-order valence-corrected chi connectivity index (χ0v) is 14.2. The van der Waals surface area contributed by atoms with Crippen LogP contribution in [-0.4, -0.2) is 55.0 Å². The maximum atomic E-state index is 12.8. The lowest BCUT2D eigenvalue weighted by molar-refractivity contribution is -0.151. The number of nitrogens with two attached hydrogens (primary N) is 1. The van der Waals surface area contributed by atoms with Crippen LogP contribution >= 0.6 is 0 Å². The fourth-order valence-corrected chi connectivity index (χ4v) is 4.22. The molecule has 24 heavy (non-hydrogen) atoms. The molecule has 1 aliphatic rings. The molecule has 1 aliphatic heterocycles. The quantitative estimate of drug-likeness (QED) is 0.682. The molecule has 1 aromatic carbocycles. The van der Waals surface area contributed by atoms with E-state index in [0.717, 1.165) is 15.4 Å². The summed E-state index contributed by atoms with van der Waals surface area (Å²) in [7, 11) is -3.99. The van der Waals surface area contributed by atoms with Crippen molar-refractivity contribution in [3.63, 3.8) is 0 Å². The van der Waals surface area contributed by atoms with Gasteiger partial charge in [-0.05, 0) is 37.1 Å². The van der Waals surface area contributed by atoms with Gasteiger partial charge >= 0.3 is 5.97 Å². The Hall–Kier alpha value is -1.97. The number of β-amino-alcohol motifs (C(OH)–C–C–N with tert-alkyl or cyclic N) is 1. The number of ether oxygens (including phenoxy) is 1. The molecular formula is C15H20N2O6S. The van der Waals surface area contributed by atoms with Gasteiger partial charge in [0.25, 0.3) is 5.91 Å². The second-order valence-electron chi connectivity index (χ2n) is 5.80. The van der Waals surface area contributed by atoms with Gasteiger partial charge in [-0.3, -0.25) is 9.59 Å². The summed E-state index contributed by atoms with van der Waals surface area (Å²) in [6.45, 7) is 2.79. The summed E-state index contributed by atoms with van der Waals surface area (Å²) < 4.78 is 31.2. The van der Waals surface area contributed by atoms with Crippen LogP contribution in [0.15, 0.2) is 23.1 Å². The van der Waals surface area contributed by atoms with Gasteiger partial charge in [0.2, 0.25) is 10.0 Å². The van der Waals surface area contributed by atoms with E-state index in [1.807, 2.05) is 6.92 Å². The molecule has 1 aromatic rings. The van der Waals surface area contributed by atoms with Crippen molar-refractivity contribution in [1.29, 1.82) is 0 Å². The Kier molecular flexibility index (Phi) is 5.26. The van der Waals surface area contributed by atoms with Crippen molar-refractivity contribution in [3.8, 4) is 0 Å². The first-order valence-corrected chi connectivity index (χ1v) is 8.79. The lowest BCUT2D eigenvalue weighted by atomic mass is 10.1. The largest absolute Gasteiger partial charge is 0.454 e. The Morgan fingerprint density at radius 3 is 2.58 bits per heavy atom. The van der Waals surface area contributed by atoms with Gasteiger partial charge < -0.3 is 15.6 Å². The number of carbonyl (C=O) groups is 2. The molecule has 132 valence electrons. The van der Waals surface area contributed by atoms with Gasteiger partial charge in [-0.25, -0.2) is 8.42 Å². The minimum Gasteiger partial charge on any atom is -0.454 e. The molecule has 0 saturated carbocycles. The highest BCUT2D eigenvalue weighted by Crippen LogP contribution is 2.28. The van der Waals surface area contributed by atoms with Crippen LogP contribution in [0, 0.1) is 13.8 Å². The number of aliphatic hydroxyl groups excluding tert-OH is 1. The zero-order chi connectivity index (χ0) is 18.1. The topological polar surface area (TPSA) is 127 Å². The fraction of sp³-hybridized carbons (Fsp3) is 0.467. The maximum Gasteiger partial charge on any atom is 0.325 e. The molecule has 2 rings (SSSR count). The minimum atomic E-state index is -3.99. The highest BCUT2D eigenvalue weighted by atomic mass is 32.2. The first-order valence-electron chi connectivity index (χ1n) is 7.35. The molecule has 3 N–H and O–H groups in total. The molecule has 9 heteroatoms. The Morgan fingerprint density at radius 1 is 1.33 bits per heavy atom. The molecule has 0 bridgehead atoms. The molecule has 8 nitrogen and oxygen atoms in total. The number of esters is 1. The second-order valence-corrected chi connectivity index (χ2v) is 7.69. The fourth-order valence-electron chi connectivity index (χ4n) is 2.51. The van der Waals surface area contributed by atoms with E-state index in [2.05, 4.69) is 0 Å². The van der Waals surface area contributed by atoms with Crippen LogP contribution < -0.4 is 5.73 Å². The summed E-state index contributed by atoms with van der Waals surface area (Å²) in [5, 5.41) is 9.80. The molecule has 0 spiro atoms. The molecule has 1 heterocycles. The van der Waals surface area contributed by atoms with E-state index in [1.165, 1.54) is 12.1 Å². The van der Waals surface area contributed by atoms with Gasteiger partial charge in [0.05, 0.1) is 11.0 Å². The van der Waals surface area contributed by atoms with Crippen LogP contribution in [0.4, 0.5) is 0 Å². The molecule has 1 amide bonds. The number of sulfonamides is 1. The van der Waals surface area contributed by atoms with Crippen molar-refractivity contribution in [2.24, 2.45) is 5.73 Å². The third-order valence-corrected chi connectivity index (χ3v) is 5.82. The normalized spacial score (nSPS) is 21.6. The van der Waals surface area contributed by atoms with Crippen molar-refractivity contribution in [2.45, 2.75) is 37.3 Å². The van der Waals surface area contributed by atoms with Gasteiger partial charge in [0.1, 0.15) is 6.04 Å². The zero-order valence-electron chi connectivity index (χ0n) is 13.4. The smallest absolute Gasteiger partial charge is 0.325 e. The van der Waals surface area contributed by atoms with E-state index in [9.17, 15) is 23.1 Å². The summed E-state index contributed by atoms with van der Waals surface area (Å²) in [5.41, 5.74) is 6.64. The van der Waals surface area contributed by atoms with Crippen LogP contribution in [0.2, 0.25) is 0 Å². The van der Waals surface area contributed by atoms with Crippen LogP contribution in [0.1, 0.15) is 17.5 Å². The highest BCUT2D eigenvalue weighted by Gasteiger charge is 2.44. The number of nitrogens with zero attached hydrogens (tertiary/aromatic N) is 1. The number of carbonyl (C=O) groups excluding carboxylic acids is 2. The lowest BCUT2D eigenvalue weighted by Crippen LogP contribution is -2.42. The van der Waals surface area contributed by atoms with Gasteiger partial charge in [-0.15, -0.1) is 0 Å². The van der Waals surface area contributed by atoms with E-state index < -0.39 is 40.7 Å². The average Bonchev–Trinajstić information content (AvgIpc) is 2.90. The number of aryl methyl sites for hydroxylation is 2. The van der Waals surface area contributed by atoms with E-state index in [4.69, 9.17) is 10.5 Å². The van der Waals surface area contributed by atoms with Crippen LogP contribution in [0.5, 0.6) is 0 Å². The number of hydrogen-bond donors (Lipinski definition) is 2. The Morgan fingerprint density at radius 2 is 2.00 bits per heavy atom. The van der Waals surface area contributed by atoms with E-state index in [1.54, 1.807) is 13.0 Å². The Bertz CT molecular complexity index is 761. The van der Waals surface area contributed by atoms with Gasteiger partial charge in [0.15, 0.2) is 6.61 Å². The first-order chi connectivity index (χ1) is 11.1. The summed E-state index contributed by atoms with van der Waals surface area (Å²) >= 11 is 0. The monoisotopic (exact) mass is 356 g/mol. The summed E-state index contributed by atoms with van der Waals surface area (Å²) in [6, 6.07) is 3.45. The average molecular weight is 356 g/mol. The summed E-state index contributed by atoms with van der Waals surface area (Å²) in [5.74, 6) is -1.75. The molecule has 1 saturated heterocycles. The number of benzene rings is 1. The third-order valence-electron chi connectivity index (χ3n) is 3.95. The molecule has 0 unspecified atom stereocenters. The van der Waals surface area contributed by atoms with E-state index in [-0.39, 0.29) is 17.9 Å². The van der Waals surface area contributed by atoms with E-state index in [0.29, 0.717) is 0 Å². The maximum absolute atomic E-state index is 12.8. The predicted octanol–water partition coefficient (Wildman–Crippen LogP) is -0.544. The van der Waals surface area contributed by atoms with Crippen molar-refractivity contribution < 1.29 is 27.9 Å². The highest BCUT2D eigenvalue weighted by molar-refractivity contribution is 7.89. The molecule has 2 atom stereocenters. The minimum absolute atomic E-state index is 0.0346. The van der Waals surface area contributed by atoms with Gasteiger partial charge in [-0.2, -0.15) is 4.31 Å². The molecule has 1 fully saturated rings. The standard InChI is InChI=1S/C15H20N2O6S/c1-9-3-4-12(5-10(9)2)24(21,22)17-7-11(18)6-13(17)15(20)23-8-14(16)19/h3-5,11,13,18H,6-8H2,1-2H3,(H2,16,19)/t11-,13-/m0/s1. The van der Waals surface area contributed by atoms with Crippen molar-refractivity contribution >= 4 is 21.9 Å². The Balaban J connectivity index is 2.30. The molecule has 0 aliphatic carbocycles.